The summed E-state index contributed by atoms with van der Waals surface area (Å²) >= 11 is 0. The number of aliphatic hydroxyl groups is 1. The van der Waals surface area contributed by atoms with Gasteiger partial charge in [-0.25, -0.2) is 0 Å². The topological polar surface area (TPSA) is 74.1 Å². The number of aromatic amines is 1. The van der Waals surface area contributed by atoms with Crippen LogP contribution in [-0.2, 0) is 13.2 Å². The van der Waals surface area contributed by atoms with Gasteiger partial charge in [-0.1, -0.05) is 12.1 Å². The highest BCUT2D eigenvalue weighted by Gasteiger charge is 2.02. The lowest BCUT2D eigenvalue weighted by molar-refractivity contribution is 0.244. The molecule has 102 valence electrons. The zero-order valence-corrected chi connectivity index (χ0v) is 10.8. The van der Waals surface area contributed by atoms with Gasteiger partial charge in [-0.05, 0) is 35.9 Å². The summed E-state index contributed by atoms with van der Waals surface area (Å²) in [5, 5.41) is 19.1. The molecule has 0 bridgehead atoms. The number of aromatic nitrogens is 2. The lowest BCUT2D eigenvalue weighted by Gasteiger charge is -2.05. The quantitative estimate of drug-likeness (QED) is 0.666. The molecule has 0 aliphatic carbocycles. The Morgan fingerprint density at radius 1 is 1.05 bits per heavy atom. The van der Waals surface area contributed by atoms with Crippen molar-refractivity contribution in [1.82, 2.24) is 10.2 Å². The van der Waals surface area contributed by atoms with E-state index in [1.807, 2.05) is 36.4 Å². The van der Waals surface area contributed by atoms with Crippen molar-refractivity contribution < 1.29 is 9.52 Å². The molecule has 3 N–H and O–H groups in total. The Morgan fingerprint density at radius 2 is 1.85 bits per heavy atom. The lowest BCUT2D eigenvalue weighted by Crippen LogP contribution is -1.97. The fourth-order valence-electron chi connectivity index (χ4n) is 1.98. The van der Waals surface area contributed by atoms with Crippen molar-refractivity contribution in [2.75, 3.05) is 5.32 Å². The van der Waals surface area contributed by atoms with E-state index >= 15 is 0 Å². The zero-order chi connectivity index (χ0) is 13.8. The number of H-pyrrole nitrogens is 1. The first-order valence-electron chi connectivity index (χ1n) is 6.37. The number of nitrogens with one attached hydrogen (secondary N) is 2. The number of nitrogens with zero attached hydrogens (tertiary/aromatic N) is 1. The van der Waals surface area contributed by atoms with E-state index in [1.54, 1.807) is 12.3 Å². The molecule has 0 saturated carbocycles. The van der Waals surface area contributed by atoms with Crippen LogP contribution in [0.3, 0.4) is 0 Å². The van der Waals surface area contributed by atoms with Gasteiger partial charge in [0.2, 0.25) is 0 Å². The molecule has 0 aliphatic rings. The normalized spacial score (nSPS) is 10.7. The maximum Gasteiger partial charge on any atom is 0.129 e. The summed E-state index contributed by atoms with van der Waals surface area (Å²) < 4.78 is 5.41. The van der Waals surface area contributed by atoms with E-state index in [0.29, 0.717) is 12.3 Å². The Morgan fingerprint density at radius 3 is 2.50 bits per heavy atom. The third-order valence-electron chi connectivity index (χ3n) is 3.04. The predicted octanol–water partition coefficient (Wildman–Crippen LogP) is 2.77. The van der Waals surface area contributed by atoms with Crippen LogP contribution < -0.4 is 5.32 Å². The van der Waals surface area contributed by atoms with Gasteiger partial charge >= 0.3 is 0 Å². The van der Waals surface area contributed by atoms with Crippen LogP contribution in [0.2, 0.25) is 0 Å². The Bertz CT molecular complexity index is 657. The van der Waals surface area contributed by atoms with Gasteiger partial charge in [0.1, 0.15) is 18.1 Å². The molecule has 0 radical (unpaired) electrons. The fraction of sp³-hybridized carbons (Fsp3) is 0.133. The molecular formula is C15H15N3O2. The Hall–Kier alpha value is -2.53. The average molecular weight is 269 g/mol. The van der Waals surface area contributed by atoms with Crippen LogP contribution in [0.15, 0.2) is 53.1 Å². The number of aliphatic hydroxyl groups excluding tert-OH is 1. The number of benzene rings is 1. The SMILES string of the molecule is OCc1ccc(CNc2ccc(-c3ccn[nH]3)cc2)o1. The van der Waals surface area contributed by atoms with Gasteiger partial charge in [0, 0.05) is 11.9 Å². The first-order chi connectivity index (χ1) is 9.85. The van der Waals surface area contributed by atoms with Gasteiger partial charge < -0.3 is 14.8 Å². The largest absolute Gasteiger partial charge is 0.462 e. The van der Waals surface area contributed by atoms with E-state index < -0.39 is 0 Å². The highest BCUT2D eigenvalue weighted by Crippen LogP contribution is 2.19. The molecule has 2 aromatic heterocycles. The number of rotatable bonds is 5. The Balaban J connectivity index is 1.63. The van der Waals surface area contributed by atoms with E-state index in [2.05, 4.69) is 15.5 Å². The van der Waals surface area contributed by atoms with Crippen LogP contribution in [-0.4, -0.2) is 15.3 Å². The second-order valence-electron chi connectivity index (χ2n) is 4.43. The minimum Gasteiger partial charge on any atom is -0.462 e. The average Bonchev–Trinajstić information content (AvgIpc) is 3.17. The predicted molar refractivity (Wildman–Crippen MR) is 76.0 cm³/mol. The molecule has 1 aromatic carbocycles. The summed E-state index contributed by atoms with van der Waals surface area (Å²) in [6.07, 6.45) is 1.73. The van der Waals surface area contributed by atoms with Crippen LogP contribution in [0.1, 0.15) is 11.5 Å². The molecule has 20 heavy (non-hydrogen) atoms. The van der Waals surface area contributed by atoms with E-state index in [9.17, 15) is 0 Å². The minimum atomic E-state index is -0.0706. The van der Waals surface area contributed by atoms with Crippen molar-refractivity contribution in [2.45, 2.75) is 13.2 Å². The smallest absolute Gasteiger partial charge is 0.129 e. The third-order valence-corrected chi connectivity index (χ3v) is 3.04. The molecule has 5 nitrogen and oxygen atoms in total. The molecule has 5 heteroatoms. The number of hydrogen-bond acceptors (Lipinski definition) is 4. The van der Waals surface area contributed by atoms with E-state index in [4.69, 9.17) is 9.52 Å². The maximum absolute atomic E-state index is 8.93. The van der Waals surface area contributed by atoms with Crippen molar-refractivity contribution in [3.05, 3.63) is 60.2 Å². The summed E-state index contributed by atoms with van der Waals surface area (Å²) in [7, 11) is 0. The summed E-state index contributed by atoms with van der Waals surface area (Å²) in [6.45, 7) is 0.516. The molecular weight excluding hydrogens is 254 g/mol. The molecule has 0 aliphatic heterocycles. The van der Waals surface area contributed by atoms with Crippen molar-refractivity contribution in [1.29, 1.82) is 0 Å². The number of furan rings is 1. The first kappa shape index (κ1) is 12.5. The Kier molecular flexibility index (Phi) is 3.52. The van der Waals surface area contributed by atoms with Crippen LogP contribution in [0.25, 0.3) is 11.3 Å². The highest BCUT2D eigenvalue weighted by atomic mass is 16.4. The second kappa shape index (κ2) is 5.63. The van der Waals surface area contributed by atoms with Gasteiger partial charge in [0.15, 0.2) is 0 Å². The van der Waals surface area contributed by atoms with Crippen molar-refractivity contribution in [3.63, 3.8) is 0 Å². The monoisotopic (exact) mass is 269 g/mol. The van der Waals surface area contributed by atoms with Crippen molar-refractivity contribution in [2.24, 2.45) is 0 Å². The first-order valence-corrected chi connectivity index (χ1v) is 6.37. The van der Waals surface area contributed by atoms with E-state index in [0.717, 1.165) is 22.7 Å². The molecule has 0 saturated heterocycles. The van der Waals surface area contributed by atoms with Crippen LogP contribution >= 0.6 is 0 Å². The molecule has 0 spiro atoms. The number of anilines is 1. The summed E-state index contributed by atoms with van der Waals surface area (Å²) in [6, 6.07) is 13.6. The van der Waals surface area contributed by atoms with E-state index in [1.165, 1.54) is 0 Å². The van der Waals surface area contributed by atoms with Gasteiger partial charge in [-0.15, -0.1) is 0 Å². The van der Waals surface area contributed by atoms with Crippen LogP contribution in [0.4, 0.5) is 5.69 Å². The zero-order valence-electron chi connectivity index (χ0n) is 10.8. The third kappa shape index (κ3) is 2.73. The molecule has 0 amide bonds. The minimum absolute atomic E-state index is 0.0706. The molecule has 3 aromatic rings. The standard InChI is InChI=1S/C15H15N3O2/c19-10-14-6-5-13(20-14)9-16-12-3-1-11(2-4-12)15-7-8-17-18-15/h1-8,16,19H,9-10H2,(H,17,18). The summed E-state index contributed by atoms with van der Waals surface area (Å²) in [5.41, 5.74) is 3.10. The summed E-state index contributed by atoms with van der Waals surface area (Å²) in [5.74, 6) is 1.38. The van der Waals surface area contributed by atoms with Gasteiger partial charge in [-0.2, -0.15) is 5.10 Å². The second-order valence-corrected chi connectivity index (χ2v) is 4.43. The maximum atomic E-state index is 8.93. The molecule has 0 atom stereocenters. The Labute approximate surface area is 116 Å². The van der Waals surface area contributed by atoms with Gasteiger partial charge in [-0.3, -0.25) is 5.10 Å². The van der Waals surface area contributed by atoms with E-state index in [-0.39, 0.29) is 6.61 Å². The van der Waals surface area contributed by atoms with Crippen LogP contribution in [0.5, 0.6) is 0 Å². The van der Waals surface area contributed by atoms with Gasteiger partial charge in [0.05, 0.1) is 12.2 Å². The molecule has 3 rings (SSSR count). The molecule has 0 fully saturated rings. The molecule has 0 unspecified atom stereocenters. The lowest BCUT2D eigenvalue weighted by atomic mass is 10.1. The van der Waals surface area contributed by atoms with Crippen molar-refractivity contribution >= 4 is 5.69 Å². The highest BCUT2D eigenvalue weighted by molar-refractivity contribution is 5.62. The van der Waals surface area contributed by atoms with Crippen molar-refractivity contribution in [3.8, 4) is 11.3 Å². The summed E-state index contributed by atoms with van der Waals surface area (Å²) in [4.78, 5) is 0. The van der Waals surface area contributed by atoms with Gasteiger partial charge in [0.25, 0.3) is 0 Å². The molecule has 2 heterocycles. The van der Waals surface area contributed by atoms with Crippen LogP contribution in [0, 0.1) is 0 Å². The number of hydrogen-bond donors (Lipinski definition) is 3. The fourth-order valence-corrected chi connectivity index (χ4v) is 1.98.